The van der Waals surface area contributed by atoms with Crippen LogP contribution in [0.5, 0.6) is 0 Å². The number of hydrogen-bond donors (Lipinski definition) is 1. The second-order valence-corrected chi connectivity index (χ2v) is 4.90. The van der Waals surface area contributed by atoms with Crippen molar-refractivity contribution in [1.82, 2.24) is 15.3 Å². The number of nitrogens with zero attached hydrogens (tertiary/aromatic N) is 2. The molecule has 0 aromatic carbocycles. The fourth-order valence-electron chi connectivity index (χ4n) is 1.73. The van der Waals surface area contributed by atoms with Gasteiger partial charge < -0.3 is 5.32 Å². The molecule has 1 heterocycles. The van der Waals surface area contributed by atoms with E-state index in [4.69, 9.17) is 0 Å². The lowest BCUT2D eigenvalue weighted by molar-refractivity contribution is 0.455. The van der Waals surface area contributed by atoms with Crippen molar-refractivity contribution >= 4 is 0 Å². The standard InChI is InChI=1S/C13H23N3/c1-9(2)11(8-14-5)13-15-7-6-12(16-13)10(3)4/h6-7,9-11,14H,8H2,1-5H3. The minimum absolute atomic E-state index is 0.392. The normalized spacial score (nSPS) is 13.4. The molecule has 0 amide bonds. The Morgan fingerprint density at radius 1 is 1.25 bits per heavy atom. The first-order chi connectivity index (χ1) is 7.56. The van der Waals surface area contributed by atoms with E-state index in [1.165, 1.54) is 0 Å². The second kappa shape index (κ2) is 5.94. The first-order valence-corrected chi connectivity index (χ1v) is 6.03. The Kier molecular flexibility index (Phi) is 4.87. The Morgan fingerprint density at radius 3 is 2.44 bits per heavy atom. The number of hydrogen-bond acceptors (Lipinski definition) is 3. The molecule has 0 aliphatic carbocycles. The number of rotatable bonds is 5. The molecule has 1 aromatic rings. The van der Waals surface area contributed by atoms with E-state index in [2.05, 4.69) is 43.0 Å². The molecule has 0 saturated heterocycles. The lowest BCUT2D eigenvalue weighted by atomic mass is 9.94. The SMILES string of the molecule is CNCC(c1nccc(C(C)C)n1)C(C)C. The summed E-state index contributed by atoms with van der Waals surface area (Å²) in [6, 6.07) is 2.00. The smallest absolute Gasteiger partial charge is 0.133 e. The quantitative estimate of drug-likeness (QED) is 0.830. The number of aromatic nitrogens is 2. The van der Waals surface area contributed by atoms with Gasteiger partial charge in [-0.05, 0) is 24.9 Å². The van der Waals surface area contributed by atoms with Gasteiger partial charge in [-0.3, -0.25) is 0 Å². The highest BCUT2D eigenvalue weighted by Gasteiger charge is 2.18. The maximum atomic E-state index is 4.66. The fraction of sp³-hybridized carbons (Fsp3) is 0.692. The molecule has 0 spiro atoms. The van der Waals surface area contributed by atoms with Gasteiger partial charge in [-0.1, -0.05) is 27.7 Å². The van der Waals surface area contributed by atoms with Crippen molar-refractivity contribution in [2.75, 3.05) is 13.6 Å². The van der Waals surface area contributed by atoms with E-state index in [1.54, 1.807) is 0 Å². The summed E-state index contributed by atoms with van der Waals surface area (Å²) in [5, 5.41) is 3.22. The Hall–Kier alpha value is -0.960. The van der Waals surface area contributed by atoms with Crippen LogP contribution in [0.15, 0.2) is 12.3 Å². The van der Waals surface area contributed by atoms with Gasteiger partial charge in [0.1, 0.15) is 5.82 Å². The van der Waals surface area contributed by atoms with Crippen molar-refractivity contribution in [2.24, 2.45) is 5.92 Å². The van der Waals surface area contributed by atoms with Crippen molar-refractivity contribution < 1.29 is 0 Å². The molecule has 0 radical (unpaired) electrons. The van der Waals surface area contributed by atoms with Crippen LogP contribution in [0.2, 0.25) is 0 Å². The molecule has 90 valence electrons. The van der Waals surface area contributed by atoms with Crippen LogP contribution in [0.4, 0.5) is 0 Å². The lowest BCUT2D eigenvalue weighted by Crippen LogP contribution is -2.23. The highest BCUT2D eigenvalue weighted by molar-refractivity contribution is 5.09. The molecule has 0 saturated carbocycles. The van der Waals surface area contributed by atoms with Crippen LogP contribution in [0.1, 0.15) is 51.0 Å². The summed E-state index contributed by atoms with van der Waals surface area (Å²) in [5.74, 6) is 2.37. The predicted octanol–water partition coefficient (Wildman–Crippen LogP) is 2.56. The first-order valence-electron chi connectivity index (χ1n) is 6.03. The van der Waals surface area contributed by atoms with Gasteiger partial charge in [0.05, 0.1) is 0 Å². The summed E-state index contributed by atoms with van der Waals surface area (Å²) in [7, 11) is 1.97. The van der Waals surface area contributed by atoms with Crippen molar-refractivity contribution in [1.29, 1.82) is 0 Å². The monoisotopic (exact) mass is 221 g/mol. The molecule has 3 heteroatoms. The van der Waals surface area contributed by atoms with E-state index >= 15 is 0 Å². The maximum absolute atomic E-state index is 4.66. The highest BCUT2D eigenvalue weighted by Crippen LogP contribution is 2.21. The number of nitrogens with one attached hydrogen (secondary N) is 1. The van der Waals surface area contributed by atoms with Crippen LogP contribution < -0.4 is 5.32 Å². The van der Waals surface area contributed by atoms with Gasteiger partial charge in [-0.25, -0.2) is 9.97 Å². The average molecular weight is 221 g/mol. The maximum Gasteiger partial charge on any atom is 0.133 e. The molecule has 16 heavy (non-hydrogen) atoms. The molecule has 1 aromatic heterocycles. The van der Waals surface area contributed by atoms with Gasteiger partial charge in [-0.15, -0.1) is 0 Å². The third-order valence-corrected chi connectivity index (χ3v) is 2.85. The molecule has 3 nitrogen and oxygen atoms in total. The van der Waals surface area contributed by atoms with Gasteiger partial charge in [0.15, 0.2) is 0 Å². The Balaban J connectivity index is 2.95. The predicted molar refractivity (Wildman–Crippen MR) is 67.6 cm³/mol. The zero-order valence-electron chi connectivity index (χ0n) is 11.0. The molecule has 1 atom stereocenters. The van der Waals surface area contributed by atoms with Crippen molar-refractivity contribution in [3.8, 4) is 0 Å². The Morgan fingerprint density at radius 2 is 1.94 bits per heavy atom. The molecule has 1 N–H and O–H groups in total. The molecule has 1 unspecified atom stereocenters. The van der Waals surface area contributed by atoms with Crippen LogP contribution in [0.25, 0.3) is 0 Å². The van der Waals surface area contributed by atoms with Gasteiger partial charge in [-0.2, -0.15) is 0 Å². The van der Waals surface area contributed by atoms with E-state index in [1.807, 2.05) is 19.3 Å². The summed E-state index contributed by atoms with van der Waals surface area (Å²) in [6.45, 7) is 9.68. The van der Waals surface area contributed by atoms with E-state index in [0.29, 0.717) is 17.8 Å². The van der Waals surface area contributed by atoms with Gasteiger partial charge in [0.25, 0.3) is 0 Å². The van der Waals surface area contributed by atoms with Crippen molar-refractivity contribution in [3.05, 3.63) is 23.8 Å². The van der Waals surface area contributed by atoms with Crippen molar-refractivity contribution in [2.45, 2.75) is 39.5 Å². The molecule has 1 rings (SSSR count). The van der Waals surface area contributed by atoms with Crippen LogP contribution in [-0.2, 0) is 0 Å². The Labute approximate surface area is 98.7 Å². The fourth-order valence-corrected chi connectivity index (χ4v) is 1.73. The first kappa shape index (κ1) is 13.1. The largest absolute Gasteiger partial charge is 0.319 e. The summed E-state index contributed by atoms with van der Waals surface area (Å²) in [5.41, 5.74) is 1.13. The van der Waals surface area contributed by atoms with Crippen LogP contribution in [0.3, 0.4) is 0 Å². The topological polar surface area (TPSA) is 37.8 Å². The van der Waals surface area contributed by atoms with Crippen molar-refractivity contribution in [3.63, 3.8) is 0 Å². The number of likely N-dealkylation sites (N-methyl/N-ethyl adjacent to an activating group) is 1. The van der Waals surface area contributed by atoms with Gasteiger partial charge >= 0.3 is 0 Å². The van der Waals surface area contributed by atoms with E-state index < -0.39 is 0 Å². The van der Waals surface area contributed by atoms with Crippen LogP contribution >= 0.6 is 0 Å². The van der Waals surface area contributed by atoms with E-state index in [-0.39, 0.29) is 0 Å². The van der Waals surface area contributed by atoms with E-state index in [9.17, 15) is 0 Å². The third kappa shape index (κ3) is 3.27. The minimum atomic E-state index is 0.392. The zero-order valence-corrected chi connectivity index (χ0v) is 11.0. The second-order valence-electron chi connectivity index (χ2n) is 4.90. The summed E-state index contributed by atoms with van der Waals surface area (Å²) >= 11 is 0. The molecule has 0 fully saturated rings. The highest BCUT2D eigenvalue weighted by atomic mass is 14.9. The summed E-state index contributed by atoms with van der Waals surface area (Å²) in [4.78, 5) is 9.07. The van der Waals surface area contributed by atoms with E-state index in [0.717, 1.165) is 18.1 Å². The Bertz CT molecular complexity index is 321. The minimum Gasteiger partial charge on any atom is -0.319 e. The molecular weight excluding hydrogens is 198 g/mol. The molecule has 0 bridgehead atoms. The average Bonchev–Trinajstić information content (AvgIpc) is 2.25. The van der Waals surface area contributed by atoms with Crippen LogP contribution in [-0.4, -0.2) is 23.6 Å². The zero-order chi connectivity index (χ0) is 12.1. The molecule has 0 aliphatic rings. The van der Waals surface area contributed by atoms with Crippen LogP contribution in [0, 0.1) is 5.92 Å². The lowest BCUT2D eigenvalue weighted by Gasteiger charge is -2.19. The third-order valence-electron chi connectivity index (χ3n) is 2.85. The molecular formula is C13H23N3. The summed E-state index contributed by atoms with van der Waals surface area (Å²) < 4.78 is 0. The molecule has 0 aliphatic heterocycles. The van der Waals surface area contributed by atoms with Gasteiger partial charge in [0.2, 0.25) is 0 Å². The van der Waals surface area contributed by atoms with Gasteiger partial charge in [0, 0.05) is 24.4 Å². The summed E-state index contributed by atoms with van der Waals surface area (Å²) in [6.07, 6.45) is 1.88.